The van der Waals surface area contributed by atoms with Crippen LogP contribution in [0.1, 0.15) is 5.56 Å². The highest BCUT2D eigenvalue weighted by Crippen LogP contribution is 2.08. The van der Waals surface area contributed by atoms with Crippen molar-refractivity contribution in [1.29, 1.82) is 0 Å². The van der Waals surface area contributed by atoms with Crippen molar-refractivity contribution in [1.82, 2.24) is 15.0 Å². The third-order valence-electron chi connectivity index (χ3n) is 2.16. The summed E-state index contributed by atoms with van der Waals surface area (Å²) in [5.74, 6) is -0.0897. The quantitative estimate of drug-likeness (QED) is 0.615. The Balaban J connectivity index is 1.86. The summed E-state index contributed by atoms with van der Waals surface area (Å²) in [6, 6.07) is 6.58. The molecule has 0 aliphatic heterocycles. The van der Waals surface area contributed by atoms with Gasteiger partial charge < -0.3 is 9.67 Å². The first kappa shape index (κ1) is 11.8. The van der Waals surface area contributed by atoms with Gasteiger partial charge >= 0.3 is 0 Å². The maximum Gasteiger partial charge on any atom is 0.260 e. The van der Waals surface area contributed by atoms with Gasteiger partial charge in [0.1, 0.15) is 12.3 Å². The van der Waals surface area contributed by atoms with Crippen LogP contribution in [0, 0.1) is 0 Å². The molecule has 2 N–H and O–H groups in total. The second-order valence-corrected chi connectivity index (χ2v) is 3.62. The van der Waals surface area contributed by atoms with E-state index in [-0.39, 0.29) is 18.2 Å². The molecule has 0 saturated heterocycles. The molecule has 0 atom stereocenters. The molecule has 0 aliphatic rings. The van der Waals surface area contributed by atoms with Crippen LogP contribution in [-0.2, 0) is 11.3 Å². The number of carbonyl (C=O) groups excluding carboxylic acids is 1. The van der Waals surface area contributed by atoms with Gasteiger partial charge in [0.25, 0.3) is 5.91 Å². The monoisotopic (exact) mass is 244 g/mol. The van der Waals surface area contributed by atoms with E-state index in [2.05, 4.69) is 15.5 Å². The van der Waals surface area contributed by atoms with Crippen LogP contribution < -0.4 is 5.43 Å². The van der Waals surface area contributed by atoms with E-state index in [0.717, 1.165) is 0 Å². The van der Waals surface area contributed by atoms with Crippen LogP contribution in [0.15, 0.2) is 48.1 Å². The van der Waals surface area contributed by atoms with Gasteiger partial charge in [-0.1, -0.05) is 12.1 Å². The van der Waals surface area contributed by atoms with Crippen LogP contribution in [-0.4, -0.2) is 26.8 Å². The van der Waals surface area contributed by atoms with Crippen LogP contribution in [0.3, 0.4) is 0 Å². The summed E-state index contributed by atoms with van der Waals surface area (Å²) in [6.45, 7) is 0.164. The molecule has 0 fully saturated rings. The molecule has 0 saturated carbocycles. The normalized spacial score (nSPS) is 10.7. The molecular weight excluding hydrogens is 232 g/mol. The number of phenols is 1. The van der Waals surface area contributed by atoms with E-state index >= 15 is 0 Å². The number of phenolic OH excluding ortho intramolecular Hbond substituents is 1. The number of imidazole rings is 1. The number of aromatic hydroxyl groups is 1. The van der Waals surface area contributed by atoms with E-state index in [9.17, 15) is 9.90 Å². The molecule has 2 aromatic rings. The highest BCUT2D eigenvalue weighted by molar-refractivity contribution is 5.82. The Labute approximate surface area is 104 Å². The van der Waals surface area contributed by atoms with Crippen molar-refractivity contribution in [3.05, 3.63) is 48.5 Å². The molecule has 6 heteroatoms. The van der Waals surface area contributed by atoms with E-state index in [1.54, 1.807) is 47.6 Å². The van der Waals surface area contributed by atoms with E-state index in [4.69, 9.17) is 0 Å². The van der Waals surface area contributed by atoms with Gasteiger partial charge in [0, 0.05) is 12.4 Å². The van der Waals surface area contributed by atoms with E-state index in [0.29, 0.717) is 5.56 Å². The van der Waals surface area contributed by atoms with Crippen LogP contribution in [0.2, 0.25) is 0 Å². The first-order chi connectivity index (χ1) is 8.74. The number of hydrogen-bond acceptors (Lipinski definition) is 4. The topological polar surface area (TPSA) is 79.5 Å². The summed E-state index contributed by atoms with van der Waals surface area (Å²) in [5, 5.41) is 13.0. The molecule has 2 rings (SSSR count). The molecular formula is C12H12N4O2. The largest absolute Gasteiger partial charge is 0.508 e. The fourth-order valence-electron chi connectivity index (χ4n) is 1.37. The van der Waals surface area contributed by atoms with E-state index in [1.165, 1.54) is 6.21 Å². The highest BCUT2D eigenvalue weighted by Gasteiger charge is 1.99. The number of benzene rings is 1. The number of hydrazone groups is 1. The van der Waals surface area contributed by atoms with Crippen molar-refractivity contribution in [2.75, 3.05) is 0 Å². The zero-order valence-corrected chi connectivity index (χ0v) is 9.52. The van der Waals surface area contributed by atoms with Crippen molar-refractivity contribution in [2.45, 2.75) is 6.54 Å². The standard InChI is InChI=1S/C12H12N4O2/c17-11-3-1-2-10(6-11)7-14-15-12(18)8-16-5-4-13-9-16/h1-7,9,17H,8H2,(H,15,18)/b14-7+. The minimum atomic E-state index is -0.246. The molecule has 1 heterocycles. The molecule has 1 aromatic heterocycles. The Morgan fingerprint density at radius 2 is 2.44 bits per heavy atom. The molecule has 1 amide bonds. The third kappa shape index (κ3) is 3.44. The highest BCUT2D eigenvalue weighted by atomic mass is 16.3. The number of nitrogens with one attached hydrogen (secondary N) is 1. The molecule has 92 valence electrons. The number of aromatic nitrogens is 2. The minimum Gasteiger partial charge on any atom is -0.508 e. The number of nitrogens with zero attached hydrogens (tertiary/aromatic N) is 3. The summed E-state index contributed by atoms with van der Waals surface area (Å²) in [6.07, 6.45) is 6.31. The Morgan fingerprint density at radius 1 is 1.56 bits per heavy atom. The Morgan fingerprint density at radius 3 is 3.17 bits per heavy atom. The average molecular weight is 244 g/mol. The Hall–Kier alpha value is -2.63. The lowest BCUT2D eigenvalue weighted by molar-refractivity contribution is -0.121. The van der Waals surface area contributed by atoms with Crippen LogP contribution >= 0.6 is 0 Å². The van der Waals surface area contributed by atoms with Gasteiger partial charge in [-0.05, 0) is 17.7 Å². The summed E-state index contributed by atoms with van der Waals surface area (Å²) < 4.78 is 1.64. The van der Waals surface area contributed by atoms with Gasteiger partial charge in [0.05, 0.1) is 12.5 Å². The SMILES string of the molecule is O=C(Cn1ccnc1)N/N=C/c1cccc(O)c1. The minimum absolute atomic E-state index is 0.156. The maximum absolute atomic E-state index is 11.4. The van der Waals surface area contributed by atoms with Crippen molar-refractivity contribution in [3.8, 4) is 5.75 Å². The van der Waals surface area contributed by atoms with Gasteiger partial charge in [-0.15, -0.1) is 0 Å². The fourth-order valence-corrected chi connectivity index (χ4v) is 1.37. The van der Waals surface area contributed by atoms with Gasteiger partial charge in [-0.2, -0.15) is 5.10 Å². The smallest absolute Gasteiger partial charge is 0.260 e. The average Bonchev–Trinajstić information content (AvgIpc) is 2.82. The van der Waals surface area contributed by atoms with Crippen molar-refractivity contribution in [2.24, 2.45) is 5.10 Å². The maximum atomic E-state index is 11.4. The number of carbonyl (C=O) groups is 1. The molecule has 0 spiro atoms. The van der Waals surface area contributed by atoms with E-state index in [1.807, 2.05) is 0 Å². The summed E-state index contributed by atoms with van der Waals surface area (Å²) in [7, 11) is 0. The lowest BCUT2D eigenvalue weighted by atomic mass is 10.2. The van der Waals surface area contributed by atoms with Crippen molar-refractivity contribution in [3.63, 3.8) is 0 Å². The zero-order valence-electron chi connectivity index (χ0n) is 9.52. The number of amides is 1. The van der Waals surface area contributed by atoms with Crippen LogP contribution in [0.5, 0.6) is 5.75 Å². The molecule has 18 heavy (non-hydrogen) atoms. The summed E-state index contributed by atoms with van der Waals surface area (Å²) in [4.78, 5) is 15.3. The molecule has 1 aromatic carbocycles. The molecule has 0 bridgehead atoms. The molecule has 0 aliphatic carbocycles. The number of rotatable bonds is 4. The summed E-state index contributed by atoms with van der Waals surface area (Å²) in [5.41, 5.74) is 3.10. The lowest BCUT2D eigenvalue weighted by Gasteiger charge is -2.00. The van der Waals surface area contributed by atoms with Gasteiger partial charge in [-0.3, -0.25) is 4.79 Å². The van der Waals surface area contributed by atoms with Gasteiger partial charge in [0.15, 0.2) is 0 Å². The van der Waals surface area contributed by atoms with Crippen molar-refractivity contribution < 1.29 is 9.90 Å². The second-order valence-electron chi connectivity index (χ2n) is 3.62. The zero-order chi connectivity index (χ0) is 12.8. The van der Waals surface area contributed by atoms with Crippen molar-refractivity contribution >= 4 is 12.1 Å². The number of hydrogen-bond donors (Lipinski definition) is 2. The Kier molecular flexibility index (Phi) is 3.70. The van der Waals surface area contributed by atoms with E-state index < -0.39 is 0 Å². The van der Waals surface area contributed by atoms with Gasteiger partial charge in [-0.25, -0.2) is 10.4 Å². The third-order valence-corrected chi connectivity index (χ3v) is 2.16. The van der Waals surface area contributed by atoms with Crippen LogP contribution in [0.25, 0.3) is 0 Å². The molecule has 0 radical (unpaired) electrons. The molecule has 6 nitrogen and oxygen atoms in total. The second kappa shape index (κ2) is 5.62. The first-order valence-corrected chi connectivity index (χ1v) is 5.31. The van der Waals surface area contributed by atoms with Gasteiger partial charge in [0.2, 0.25) is 0 Å². The lowest BCUT2D eigenvalue weighted by Crippen LogP contribution is -2.22. The Bertz CT molecular complexity index is 549. The first-order valence-electron chi connectivity index (χ1n) is 5.31. The molecule has 0 unspecified atom stereocenters. The predicted molar refractivity (Wildman–Crippen MR) is 66.1 cm³/mol. The summed E-state index contributed by atoms with van der Waals surface area (Å²) >= 11 is 0. The predicted octanol–water partition coefficient (Wildman–Crippen LogP) is 0.739. The van der Waals surface area contributed by atoms with Crippen LogP contribution in [0.4, 0.5) is 0 Å². The fraction of sp³-hybridized carbons (Fsp3) is 0.0833.